The number of halogens is 3. The fraction of sp³-hybridized carbons (Fsp3) is 0.286. The quantitative estimate of drug-likeness (QED) is 0.0959. The molecule has 0 aliphatic carbocycles. The van der Waals surface area contributed by atoms with Crippen LogP contribution in [0.5, 0.6) is 0 Å². The lowest BCUT2D eigenvalue weighted by molar-refractivity contribution is -0.121. The molecule has 1 aliphatic heterocycles. The molecule has 0 saturated heterocycles. The number of urea groups is 1. The summed E-state index contributed by atoms with van der Waals surface area (Å²) in [4.78, 5) is 41.2. The van der Waals surface area contributed by atoms with Gasteiger partial charge in [-0.05, 0) is 40.0 Å². The van der Waals surface area contributed by atoms with E-state index in [2.05, 4.69) is 50.8 Å². The molecule has 3 amide bonds. The van der Waals surface area contributed by atoms with Crippen LogP contribution >= 0.6 is 0 Å². The van der Waals surface area contributed by atoms with Crippen LogP contribution in [0.25, 0.3) is 0 Å². The van der Waals surface area contributed by atoms with E-state index in [1.54, 1.807) is 33.0 Å². The van der Waals surface area contributed by atoms with E-state index in [4.69, 9.17) is 21.7 Å². The zero-order chi connectivity index (χ0) is 34.5. The van der Waals surface area contributed by atoms with E-state index in [1.807, 2.05) is 0 Å². The minimum absolute atomic E-state index is 0.0573. The van der Waals surface area contributed by atoms with Crippen molar-refractivity contribution in [3.05, 3.63) is 84.8 Å². The molecular formula is C28H38F3N11O3. The van der Waals surface area contributed by atoms with Crippen molar-refractivity contribution in [3.63, 3.8) is 0 Å². The summed E-state index contributed by atoms with van der Waals surface area (Å²) in [7, 11) is 1.48. The average molecular weight is 634 g/mol. The van der Waals surface area contributed by atoms with Crippen molar-refractivity contribution in [2.24, 2.45) is 26.6 Å². The van der Waals surface area contributed by atoms with Crippen LogP contribution < -0.4 is 27.4 Å². The fourth-order valence-corrected chi connectivity index (χ4v) is 3.19. The molecule has 0 bridgehead atoms. The predicted molar refractivity (Wildman–Crippen MR) is 168 cm³/mol. The molecule has 0 spiro atoms. The van der Waals surface area contributed by atoms with Crippen LogP contribution in [-0.2, 0) is 9.63 Å². The number of hydrogen-bond donors (Lipinski definition) is 6. The summed E-state index contributed by atoms with van der Waals surface area (Å²) >= 11 is 0. The summed E-state index contributed by atoms with van der Waals surface area (Å²) in [6, 6.07) is -1.55. The Morgan fingerprint density at radius 1 is 1.24 bits per heavy atom. The highest BCUT2D eigenvalue weighted by atomic mass is 19.4. The average Bonchev–Trinajstić information content (AvgIpc) is 2.98. The molecule has 244 valence electrons. The normalized spacial score (nSPS) is 15.8. The molecule has 0 aromatic carbocycles. The lowest BCUT2D eigenvalue weighted by atomic mass is 10.2. The highest BCUT2D eigenvalue weighted by Crippen LogP contribution is 2.26. The van der Waals surface area contributed by atoms with Crippen LogP contribution in [0.4, 0.5) is 18.0 Å². The Bertz CT molecular complexity index is 1420. The first-order valence-corrected chi connectivity index (χ1v) is 13.1. The zero-order valence-corrected chi connectivity index (χ0v) is 25.6. The number of oxime groups is 1. The van der Waals surface area contributed by atoms with Gasteiger partial charge in [-0.2, -0.15) is 13.2 Å². The van der Waals surface area contributed by atoms with Gasteiger partial charge in [-0.15, -0.1) is 0 Å². The van der Waals surface area contributed by atoms with Crippen molar-refractivity contribution in [1.29, 1.82) is 5.41 Å². The number of alkyl halides is 3. The number of carbonyl (C=O) groups excluding carboxylic acids is 2. The maximum Gasteiger partial charge on any atom is 0.432 e. The molecule has 1 aliphatic rings. The largest absolute Gasteiger partial charge is 0.432 e. The summed E-state index contributed by atoms with van der Waals surface area (Å²) in [5.74, 6) is -0.924. The Balaban J connectivity index is 3.30. The minimum Gasteiger partial charge on any atom is -0.404 e. The second kappa shape index (κ2) is 16.9. The molecule has 0 aromatic rings. The molecule has 8 N–H and O–H groups in total. The highest BCUT2D eigenvalue weighted by molar-refractivity contribution is 6.21. The van der Waals surface area contributed by atoms with Crippen molar-refractivity contribution < 1.29 is 27.6 Å². The van der Waals surface area contributed by atoms with Gasteiger partial charge in [-0.1, -0.05) is 31.0 Å². The topological polar surface area (TPSA) is 199 Å². The van der Waals surface area contributed by atoms with E-state index in [0.717, 1.165) is 23.5 Å². The number of nitrogens with one attached hydrogen (secondary N) is 4. The Kier molecular flexibility index (Phi) is 14.0. The number of rotatable bonds is 14. The van der Waals surface area contributed by atoms with Crippen molar-refractivity contribution >= 4 is 35.5 Å². The van der Waals surface area contributed by atoms with Gasteiger partial charge in [0.1, 0.15) is 35.6 Å². The summed E-state index contributed by atoms with van der Waals surface area (Å²) in [5, 5.41) is 20.3. The number of aliphatic imine (C=N–C) groups is 2. The molecule has 0 fully saturated rings. The molecule has 14 nitrogen and oxygen atoms in total. The number of nitrogens with two attached hydrogens (primary N) is 2. The van der Waals surface area contributed by atoms with Crippen LogP contribution in [0.2, 0.25) is 0 Å². The summed E-state index contributed by atoms with van der Waals surface area (Å²) < 4.78 is 38.3. The molecule has 0 unspecified atom stereocenters. The first kappa shape index (κ1) is 37.4. The van der Waals surface area contributed by atoms with Crippen LogP contribution in [-0.4, -0.2) is 71.1 Å². The fourth-order valence-electron chi connectivity index (χ4n) is 3.19. The first-order valence-electron chi connectivity index (χ1n) is 13.1. The van der Waals surface area contributed by atoms with E-state index < -0.39 is 29.9 Å². The van der Waals surface area contributed by atoms with E-state index in [0.29, 0.717) is 5.71 Å². The van der Waals surface area contributed by atoms with Crippen molar-refractivity contribution in [2.45, 2.75) is 39.9 Å². The number of nitrogens with zero attached hydrogens (tertiary/aromatic N) is 5. The van der Waals surface area contributed by atoms with Crippen molar-refractivity contribution in [1.82, 2.24) is 25.8 Å². The Labute approximate surface area is 259 Å². The summed E-state index contributed by atoms with van der Waals surface area (Å²) in [5.41, 5.74) is 10.6. The zero-order valence-electron chi connectivity index (χ0n) is 25.6. The predicted octanol–water partition coefficient (Wildman–Crippen LogP) is 3.02. The molecule has 45 heavy (non-hydrogen) atoms. The number of allylic oxidation sites excluding steroid dienone is 4. The lowest BCUT2D eigenvalue weighted by Crippen LogP contribution is -2.53. The number of carbonyl (C=O) groups is 2. The third-order valence-electron chi connectivity index (χ3n) is 5.49. The van der Waals surface area contributed by atoms with Gasteiger partial charge in [0.25, 0.3) is 0 Å². The SMILES string of the molecule is C=CC(=N\C(=C/N)NC(=O)[C@H](C)NC1=C(N/C=C\C)N(C)C(=O)N(CC(=N)ON=C(C)C)C1=C)/C(C=NC(=C)C(F)(F)F)=C/N. The first-order chi connectivity index (χ1) is 21.0. The van der Waals surface area contributed by atoms with E-state index in [-0.39, 0.29) is 46.8 Å². The Hall–Kier alpha value is -5.61. The van der Waals surface area contributed by atoms with Gasteiger partial charge in [0, 0.05) is 31.2 Å². The monoisotopic (exact) mass is 633 g/mol. The third kappa shape index (κ3) is 10.9. The van der Waals surface area contributed by atoms with Crippen LogP contribution in [0, 0.1) is 5.41 Å². The van der Waals surface area contributed by atoms with Crippen molar-refractivity contribution in [3.8, 4) is 0 Å². The number of hydrogen-bond acceptors (Lipinski definition) is 11. The number of amides is 3. The second-order valence-electron chi connectivity index (χ2n) is 9.23. The Morgan fingerprint density at radius 3 is 2.40 bits per heavy atom. The van der Waals surface area contributed by atoms with Gasteiger partial charge < -0.3 is 32.3 Å². The molecule has 0 saturated carbocycles. The van der Waals surface area contributed by atoms with Gasteiger partial charge in [-0.3, -0.25) is 25.0 Å². The maximum absolute atomic E-state index is 13.2. The van der Waals surface area contributed by atoms with Gasteiger partial charge in [0.15, 0.2) is 0 Å². The van der Waals surface area contributed by atoms with Gasteiger partial charge >= 0.3 is 12.2 Å². The van der Waals surface area contributed by atoms with Gasteiger partial charge in [0.2, 0.25) is 11.8 Å². The van der Waals surface area contributed by atoms with Crippen LogP contribution in [0.15, 0.2) is 99.9 Å². The van der Waals surface area contributed by atoms with E-state index >= 15 is 0 Å². The van der Waals surface area contributed by atoms with E-state index in [9.17, 15) is 22.8 Å². The standard InChI is InChI=1S/C28H38F3N11O3/c1-9-11-35-25-24(18(6)42(27(44)41(25)8)15-22(34)45-40-16(3)4)37-17(5)26(43)39-23(13-33)38-21(10-2)20(12-32)14-36-19(7)28(29,30)31/h9-14,17,34-35,37H,2,6-7,15,32-33H2,1,3-5,8H3,(H,39,43)/b11-9-,20-12+,23-13+,34-22?,36-14?,38-21+/t17-/m0/s1. The lowest BCUT2D eigenvalue weighted by Gasteiger charge is -2.38. The molecule has 0 aromatic heterocycles. The van der Waals surface area contributed by atoms with Crippen molar-refractivity contribution in [2.75, 3.05) is 13.6 Å². The third-order valence-corrected chi connectivity index (χ3v) is 5.49. The Morgan fingerprint density at radius 2 is 1.89 bits per heavy atom. The second-order valence-corrected chi connectivity index (χ2v) is 9.23. The minimum atomic E-state index is -4.75. The molecular weight excluding hydrogens is 595 g/mol. The molecule has 0 radical (unpaired) electrons. The van der Waals surface area contributed by atoms with Gasteiger partial charge in [-0.25, -0.2) is 9.79 Å². The van der Waals surface area contributed by atoms with E-state index in [1.165, 1.54) is 24.9 Å². The highest BCUT2D eigenvalue weighted by Gasteiger charge is 2.35. The molecule has 1 rings (SSSR count). The molecule has 1 atom stereocenters. The molecule has 1 heterocycles. The molecule has 17 heteroatoms. The summed E-state index contributed by atoms with van der Waals surface area (Å²) in [6.07, 6.45) is 2.36. The van der Waals surface area contributed by atoms with Crippen LogP contribution in [0.1, 0.15) is 27.7 Å². The maximum atomic E-state index is 13.2. The van der Waals surface area contributed by atoms with Crippen LogP contribution in [0.3, 0.4) is 0 Å². The van der Waals surface area contributed by atoms with Gasteiger partial charge in [0.05, 0.1) is 17.1 Å². The summed E-state index contributed by atoms with van der Waals surface area (Å²) in [6.45, 7) is 16.7. The smallest absolute Gasteiger partial charge is 0.404 e.